The molecule has 1 aliphatic heterocycles. The van der Waals surface area contributed by atoms with E-state index in [4.69, 9.17) is 4.74 Å². The molecule has 2 rings (SSSR count). The molecule has 6 nitrogen and oxygen atoms in total. The van der Waals surface area contributed by atoms with Crippen LogP contribution in [0.4, 0.5) is 0 Å². The number of aromatic nitrogens is 3. The third kappa shape index (κ3) is 3.75. The van der Waals surface area contributed by atoms with E-state index in [0.29, 0.717) is 13.2 Å². The summed E-state index contributed by atoms with van der Waals surface area (Å²) in [5.74, 6) is 0.981. The number of nitrogens with zero attached hydrogens (tertiary/aromatic N) is 4. The SMILES string of the molecule is CC(C)OCC(O)CN1CCCC1c1nncn1C. The van der Waals surface area contributed by atoms with Crippen LogP contribution in [-0.4, -0.2) is 56.7 Å². The van der Waals surface area contributed by atoms with Gasteiger partial charge >= 0.3 is 0 Å². The normalized spacial score (nSPS) is 22.3. The Bertz CT molecular complexity index is 394. The van der Waals surface area contributed by atoms with Gasteiger partial charge in [0.15, 0.2) is 0 Å². The van der Waals surface area contributed by atoms with Gasteiger partial charge in [0.25, 0.3) is 0 Å². The lowest BCUT2D eigenvalue weighted by atomic mass is 10.2. The fourth-order valence-corrected chi connectivity index (χ4v) is 2.56. The molecule has 1 aromatic heterocycles. The first kappa shape index (κ1) is 14.4. The number of hydrogen-bond donors (Lipinski definition) is 1. The van der Waals surface area contributed by atoms with Crippen LogP contribution in [0.15, 0.2) is 6.33 Å². The van der Waals surface area contributed by atoms with Crippen LogP contribution in [0.2, 0.25) is 0 Å². The summed E-state index contributed by atoms with van der Waals surface area (Å²) >= 11 is 0. The molecule has 2 heterocycles. The topological polar surface area (TPSA) is 63.4 Å². The van der Waals surface area contributed by atoms with E-state index in [9.17, 15) is 5.11 Å². The van der Waals surface area contributed by atoms with Crippen molar-refractivity contribution in [1.29, 1.82) is 0 Å². The zero-order chi connectivity index (χ0) is 13.8. The highest BCUT2D eigenvalue weighted by Crippen LogP contribution is 2.30. The van der Waals surface area contributed by atoms with Gasteiger partial charge in [0, 0.05) is 13.6 Å². The summed E-state index contributed by atoms with van der Waals surface area (Å²) in [5.41, 5.74) is 0. The fourth-order valence-electron chi connectivity index (χ4n) is 2.56. The number of aliphatic hydroxyl groups is 1. The number of aliphatic hydroxyl groups excluding tert-OH is 1. The molecule has 0 bridgehead atoms. The minimum atomic E-state index is -0.448. The van der Waals surface area contributed by atoms with Crippen LogP contribution in [0.25, 0.3) is 0 Å². The summed E-state index contributed by atoms with van der Waals surface area (Å²) in [5, 5.41) is 18.2. The Kier molecular flexibility index (Phi) is 4.90. The van der Waals surface area contributed by atoms with Gasteiger partial charge in [-0.1, -0.05) is 0 Å². The molecule has 1 N–H and O–H groups in total. The molecule has 1 aliphatic rings. The van der Waals surface area contributed by atoms with E-state index in [-0.39, 0.29) is 12.1 Å². The number of ether oxygens (including phenoxy) is 1. The van der Waals surface area contributed by atoms with Crippen LogP contribution in [0.3, 0.4) is 0 Å². The van der Waals surface area contributed by atoms with E-state index in [1.807, 2.05) is 25.5 Å². The number of β-amino-alcohol motifs (C(OH)–C–C–N with tert-alkyl or cyclic N) is 1. The lowest BCUT2D eigenvalue weighted by Gasteiger charge is -2.26. The van der Waals surface area contributed by atoms with Crippen molar-refractivity contribution in [3.8, 4) is 0 Å². The molecule has 19 heavy (non-hydrogen) atoms. The van der Waals surface area contributed by atoms with Crippen molar-refractivity contribution in [3.63, 3.8) is 0 Å². The molecule has 0 amide bonds. The minimum Gasteiger partial charge on any atom is -0.389 e. The van der Waals surface area contributed by atoms with E-state index < -0.39 is 6.10 Å². The molecule has 1 fully saturated rings. The molecule has 2 atom stereocenters. The highest BCUT2D eigenvalue weighted by molar-refractivity contribution is 4.98. The van der Waals surface area contributed by atoms with Gasteiger partial charge in [-0.2, -0.15) is 0 Å². The van der Waals surface area contributed by atoms with Crippen LogP contribution in [0.1, 0.15) is 38.6 Å². The second kappa shape index (κ2) is 6.45. The quantitative estimate of drug-likeness (QED) is 0.824. The molecule has 108 valence electrons. The molecule has 1 saturated heterocycles. The Labute approximate surface area is 114 Å². The van der Waals surface area contributed by atoms with Crippen LogP contribution in [-0.2, 0) is 11.8 Å². The van der Waals surface area contributed by atoms with Gasteiger partial charge in [-0.25, -0.2) is 0 Å². The average molecular weight is 268 g/mol. The summed E-state index contributed by atoms with van der Waals surface area (Å²) in [6.45, 7) is 5.97. The van der Waals surface area contributed by atoms with Crippen LogP contribution in [0, 0.1) is 0 Å². The monoisotopic (exact) mass is 268 g/mol. The van der Waals surface area contributed by atoms with Gasteiger partial charge in [-0.15, -0.1) is 10.2 Å². The molecule has 0 spiro atoms. The third-order valence-corrected chi connectivity index (χ3v) is 3.48. The van der Waals surface area contributed by atoms with Gasteiger partial charge in [-0.05, 0) is 33.2 Å². The van der Waals surface area contributed by atoms with Crippen molar-refractivity contribution in [1.82, 2.24) is 19.7 Å². The Morgan fingerprint density at radius 3 is 2.95 bits per heavy atom. The molecule has 0 aromatic carbocycles. The predicted molar refractivity (Wildman–Crippen MR) is 71.6 cm³/mol. The maximum Gasteiger partial charge on any atom is 0.149 e. The molecule has 1 aromatic rings. The van der Waals surface area contributed by atoms with Crippen LogP contribution < -0.4 is 0 Å². The van der Waals surface area contributed by atoms with Crippen molar-refractivity contribution in [2.24, 2.45) is 7.05 Å². The Hall–Kier alpha value is -0.980. The maximum absolute atomic E-state index is 10.0. The van der Waals surface area contributed by atoms with E-state index in [1.165, 1.54) is 0 Å². The molecule has 2 unspecified atom stereocenters. The number of likely N-dealkylation sites (tertiary alicyclic amines) is 1. The fraction of sp³-hybridized carbons (Fsp3) is 0.846. The van der Waals surface area contributed by atoms with Crippen molar-refractivity contribution < 1.29 is 9.84 Å². The summed E-state index contributed by atoms with van der Waals surface area (Å²) in [6.07, 6.45) is 3.64. The van der Waals surface area contributed by atoms with E-state index in [0.717, 1.165) is 25.2 Å². The minimum absolute atomic E-state index is 0.155. The molecule has 6 heteroatoms. The largest absolute Gasteiger partial charge is 0.389 e. The summed E-state index contributed by atoms with van der Waals surface area (Å²) in [4.78, 5) is 2.28. The first-order valence-corrected chi connectivity index (χ1v) is 6.95. The van der Waals surface area contributed by atoms with Crippen molar-refractivity contribution in [2.75, 3.05) is 19.7 Å². The highest BCUT2D eigenvalue weighted by atomic mass is 16.5. The second-order valence-electron chi connectivity index (χ2n) is 5.49. The van der Waals surface area contributed by atoms with Gasteiger partial charge in [0.2, 0.25) is 0 Å². The zero-order valence-corrected chi connectivity index (χ0v) is 12.0. The van der Waals surface area contributed by atoms with E-state index in [2.05, 4.69) is 15.1 Å². The molecule has 0 saturated carbocycles. The zero-order valence-electron chi connectivity index (χ0n) is 12.0. The van der Waals surface area contributed by atoms with Crippen molar-refractivity contribution in [2.45, 2.75) is 44.9 Å². The van der Waals surface area contributed by atoms with Crippen LogP contribution >= 0.6 is 0 Å². The summed E-state index contributed by atoms with van der Waals surface area (Å²) in [7, 11) is 1.96. The number of rotatable bonds is 6. The number of hydrogen-bond acceptors (Lipinski definition) is 5. The van der Waals surface area contributed by atoms with Gasteiger partial charge in [0.05, 0.1) is 24.9 Å². The summed E-state index contributed by atoms with van der Waals surface area (Å²) in [6, 6.07) is 0.265. The van der Waals surface area contributed by atoms with Gasteiger partial charge in [-0.3, -0.25) is 4.90 Å². The first-order valence-electron chi connectivity index (χ1n) is 6.95. The molecular weight excluding hydrogens is 244 g/mol. The highest BCUT2D eigenvalue weighted by Gasteiger charge is 2.30. The molecular formula is C13H24N4O2. The Balaban J connectivity index is 1.90. The molecule has 0 radical (unpaired) electrons. The average Bonchev–Trinajstić information content (AvgIpc) is 2.95. The lowest BCUT2D eigenvalue weighted by Crippen LogP contribution is -2.35. The lowest BCUT2D eigenvalue weighted by molar-refractivity contribution is -0.0106. The van der Waals surface area contributed by atoms with E-state index in [1.54, 1.807) is 6.33 Å². The number of aryl methyl sites for hydroxylation is 1. The van der Waals surface area contributed by atoms with E-state index >= 15 is 0 Å². The van der Waals surface area contributed by atoms with Crippen LogP contribution in [0.5, 0.6) is 0 Å². The molecule has 0 aliphatic carbocycles. The first-order chi connectivity index (χ1) is 9.08. The smallest absolute Gasteiger partial charge is 0.149 e. The Morgan fingerprint density at radius 1 is 1.53 bits per heavy atom. The van der Waals surface area contributed by atoms with Gasteiger partial charge < -0.3 is 14.4 Å². The second-order valence-corrected chi connectivity index (χ2v) is 5.49. The Morgan fingerprint density at radius 2 is 2.32 bits per heavy atom. The third-order valence-electron chi connectivity index (χ3n) is 3.48. The predicted octanol–water partition coefficient (Wildman–Crippen LogP) is 0.738. The standard InChI is InChI=1S/C13H24N4O2/c1-10(2)19-8-11(18)7-17-6-4-5-12(17)13-15-14-9-16(13)3/h9-12,18H,4-8H2,1-3H3. The van der Waals surface area contributed by atoms with Crippen molar-refractivity contribution in [3.05, 3.63) is 12.2 Å². The maximum atomic E-state index is 10.0. The van der Waals surface area contributed by atoms with Gasteiger partial charge in [0.1, 0.15) is 12.2 Å². The summed E-state index contributed by atoms with van der Waals surface area (Å²) < 4.78 is 7.41. The van der Waals surface area contributed by atoms with Crippen molar-refractivity contribution >= 4 is 0 Å².